The average molecular weight is 172 g/mol. The second kappa shape index (κ2) is 3.67. The van der Waals surface area contributed by atoms with Gasteiger partial charge in [-0.25, -0.2) is 0 Å². The molecule has 2 N–H and O–H groups in total. The number of carboxylic acids is 1. The summed E-state index contributed by atoms with van der Waals surface area (Å²) in [6.45, 7) is -0.533. The van der Waals surface area contributed by atoms with Gasteiger partial charge >= 0.3 is 5.97 Å². The lowest BCUT2D eigenvalue weighted by Gasteiger charge is -2.12. The maximum atomic E-state index is 11.0. The SMILES string of the molecule is O=C(CO)C1CCC[C@@H]1C(=O)O. The number of rotatable bonds is 3. The number of hydrogen-bond donors (Lipinski definition) is 2. The van der Waals surface area contributed by atoms with Crippen LogP contribution in [0.25, 0.3) is 0 Å². The number of Topliss-reactive ketones (excluding diaryl/α,β-unsaturated/α-hetero) is 1. The quantitative estimate of drug-likeness (QED) is 0.630. The largest absolute Gasteiger partial charge is 0.481 e. The van der Waals surface area contributed by atoms with Crippen LogP contribution in [0.5, 0.6) is 0 Å². The van der Waals surface area contributed by atoms with Crippen LogP contribution in [-0.2, 0) is 9.59 Å². The first-order chi connectivity index (χ1) is 5.66. The van der Waals surface area contributed by atoms with E-state index in [0.717, 1.165) is 6.42 Å². The Balaban J connectivity index is 2.63. The molecule has 0 amide bonds. The molecule has 0 bridgehead atoms. The number of carbonyl (C=O) groups is 2. The van der Waals surface area contributed by atoms with Crippen LogP contribution in [0, 0.1) is 11.8 Å². The summed E-state index contributed by atoms with van der Waals surface area (Å²) in [5.74, 6) is -2.27. The number of carbonyl (C=O) groups excluding carboxylic acids is 1. The van der Waals surface area contributed by atoms with Gasteiger partial charge in [0.15, 0.2) is 5.78 Å². The molecule has 68 valence electrons. The normalized spacial score (nSPS) is 28.8. The molecule has 0 aromatic heterocycles. The molecule has 0 heterocycles. The van der Waals surface area contributed by atoms with Crippen molar-refractivity contribution in [1.82, 2.24) is 0 Å². The lowest BCUT2D eigenvalue weighted by Crippen LogP contribution is -2.27. The molecule has 1 fully saturated rings. The van der Waals surface area contributed by atoms with Gasteiger partial charge in [-0.3, -0.25) is 9.59 Å². The van der Waals surface area contributed by atoms with E-state index in [-0.39, 0.29) is 5.78 Å². The molecule has 1 aliphatic rings. The zero-order valence-corrected chi connectivity index (χ0v) is 6.69. The van der Waals surface area contributed by atoms with Gasteiger partial charge in [-0.15, -0.1) is 0 Å². The van der Waals surface area contributed by atoms with E-state index in [1.54, 1.807) is 0 Å². The van der Waals surface area contributed by atoms with Crippen LogP contribution >= 0.6 is 0 Å². The monoisotopic (exact) mass is 172 g/mol. The highest BCUT2D eigenvalue weighted by Gasteiger charge is 2.36. The fraction of sp³-hybridized carbons (Fsp3) is 0.750. The van der Waals surface area contributed by atoms with Crippen LogP contribution in [0.4, 0.5) is 0 Å². The summed E-state index contributed by atoms with van der Waals surface area (Å²) in [6.07, 6.45) is 1.94. The third-order valence-electron chi connectivity index (χ3n) is 2.40. The number of aliphatic hydroxyl groups excluding tert-OH is 1. The smallest absolute Gasteiger partial charge is 0.307 e. The Morgan fingerprint density at radius 3 is 2.33 bits per heavy atom. The Kier molecular flexibility index (Phi) is 2.81. The van der Waals surface area contributed by atoms with Crippen LogP contribution < -0.4 is 0 Å². The van der Waals surface area contributed by atoms with E-state index in [4.69, 9.17) is 10.2 Å². The van der Waals surface area contributed by atoms with E-state index >= 15 is 0 Å². The number of aliphatic carboxylic acids is 1. The Morgan fingerprint density at radius 1 is 1.25 bits per heavy atom. The standard InChI is InChI=1S/C8H12O4/c9-4-7(10)5-2-1-3-6(5)8(11)12/h5-6,9H,1-4H2,(H,11,12)/t5?,6-/m0/s1. The molecule has 0 spiro atoms. The molecular formula is C8H12O4. The van der Waals surface area contributed by atoms with Crippen molar-refractivity contribution in [1.29, 1.82) is 0 Å². The van der Waals surface area contributed by atoms with E-state index in [9.17, 15) is 9.59 Å². The van der Waals surface area contributed by atoms with Crippen molar-refractivity contribution in [3.05, 3.63) is 0 Å². The molecule has 1 rings (SSSR count). The highest BCUT2D eigenvalue weighted by atomic mass is 16.4. The van der Waals surface area contributed by atoms with Crippen molar-refractivity contribution >= 4 is 11.8 Å². The number of ketones is 1. The molecule has 4 heteroatoms. The minimum atomic E-state index is -0.917. The predicted molar refractivity (Wildman–Crippen MR) is 40.6 cm³/mol. The van der Waals surface area contributed by atoms with Gasteiger partial charge in [0.25, 0.3) is 0 Å². The summed E-state index contributed by atoms with van der Waals surface area (Å²) < 4.78 is 0. The number of hydrogen-bond acceptors (Lipinski definition) is 3. The molecule has 0 aromatic carbocycles. The van der Waals surface area contributed by atoms with Crippen molar-refractivity contribution in [3.63, 3.8) is 0 Å². The third-order valence-corrected chi connectivity index (χ3v) is 2.40. The highest BCUT2D eigenvalue weighted by molar-refractivity contribution is 5.87. The van der Waals surface area contributed by atoms with Gasteiger partial charge in [0.2, 0.25) is 0 Å². The van der Waals surface area contributed by atoms with Gasteiger partial charge in [0.1, 0.15) is 6.61 Å². The highest BCUT2D eigenvalue weighted by Crippen LogP contribution is 2.32. The molecule has 4 nitrogen and oxygen atoms in total. The summed E-state index contributed by atoms with van der Waals surface area (Å²) in [7, 11) is 0. The van der Waals surface area contributed by atoms with Crippen LogP contribution in [0.1, 0.15) is 19.3 Å². The molecule has 0 aliphatic heterocycles. The molecule has 1 saturated carbocycles. The first kappa shape index (κ1) is 9.19. The number of carboxylic acid groups (broad SMARTS) is 1. The van der Waals surface area contributed by atoms with Crippen molar-refractivity contribution in [2.45, 2.75) is 19.3 Å². The average Bonchev–Trinajstić information content (AvgIpc) is 2.50. The Morgan fingerprint density at radius 2 is 1.83 bits per heavy atom. The third kappa shape index (κ3) is 1.64. The van der Waals surface area contributed by atoms with E-state index < -0.39 is 24.4 Å². The fourth-order valence-corrected chi connectivity index (χ4v) is 1.76. The minimum Gasteiger partial charge on any atom is -0.481 e. The van der Waals surface area contributed by atoms with Gasteiger partial charge in [-0.1, -0.05) is 6.42 Å². The zero-order chi connectivity index (χ0) is 9.14. The van der Waals surface area contributed by atoms with Crippen molar-refractivity contribution < 1.29 is 19.8 Å². The van der Waals surface area contributed by atoms with Gasteiger partial charge in [-0.05, 0) is 12.8 Å². The molecule has 0 radical (unpaired) electrons. The van der Waals surface area contributed by atoms with Crippen molar-refractivity contribution in [2.75, 3.05) is 6.61 Å². The van der Waals surface area contributed by atoms with E-state index in [1.165, 1.54) is 0 Å². The van der Waals surface area contributed by atoms with Crippen LogP contribution in [0.3, 0.4) is 0 Å². The van der Waals surface area contributed by atoms with E-state index in [1.807, 2.05) is 0 Å². The van der Waals surface area contributed by atoms with Gasteiger partial charge in [0, 0.05) is 5.92 Å². The van der Waals surface area contributed by atoms with E-state index in [2.05, 4.69) is 0 Å². The summed E-state index contributed by atoms with van der Waals surface area (Å²) in [5.41, 5.74) is 0. The summed E-state index contributed by atoms with van der Waals surface area (Å²) >= 11 is 0. The Hall–Kier alpha value is -0.900. The summed E-state index contributed by atoms with van der Waals surface area (Å²) in [5, 5.41) is 17.2. The maximum absolute atomic E-state index is 11.0. The van der Waals surface area contributed by atoms with Gasteiger partial charge in [-0.2, -0.15) is 0 Å². The Bertz CT molecular complexity index is 199. The summed E-state index contributed by atoms with van der Waals surface area (Å²) in [6, 6.07) is 0. The van der Waals surface area contributed by atoms with Crippen molar-refractivity contribution in [2.24, 2.45) is 11.8 Å². The second-order valence-corrected chi connectivity index (χ2v) is 3.11. The first-order valence-electron chi connectivity index (χ1n) is 4.03. The molecule has 0 aromatic rings. The molecular weight excluding hydrogens is 160 g/mol. The summed E-state index contributed by atoms with van der Waals surface area (Å²) in [4.78, 5) is 21.6. The number of aliphatic hydroxyl groups is 1. The first-order valence-corrected chi connectivity index (χ1v) is 4.03. The van der Waals surface area contributed by atoms with Crippen molar-refractivity contribution in [3.8, 4) is 0 Å². The van der Waals surface area contributed by atoms with Gasteiger partial charge in [0.05, 0.1) is 5.92 Å². The maximum Gasteiger partial charge on any atom is 0.307 e. The van der Waals surface area contributed by atoms with Crippen LogP contribution in [-0.4, -0.2) is 28.6 Å². The molecule has 1 unspecified atom stereocenters. The lowest BCUT2D eigenvalue weighted by atomic mass is 9.92. The van der Waals surface area contributed by atoms with Gasteiger partial charge < -0.3 is 10.2 Å². The fourth-order valence-electron chi connectivity index (χ4n) is 1.76. The molecule has 2 atom stereocenters. The molecule has 0 saturated heterocycles. The van der Waals surface area contributed by atoms with E-state index in [0.29, 0.717) is 12.8 Å². The lowest BCUT2D eigenvalue weighted by molar-refractivity contribution is -0.146. The predicted octanol–water partition coefficient (Wildman–Crippen LogP) is 0.0487. The van der Waals surface area contributed by atoms with Crippen LogP contribution in [0.15, 0.2) is 0 Å². The zero-order valence-electron chi connectivity index (χ0n) is 6.69. The Labute approximate surface area is 70.2 Å². The second-order valence-electron chi connectivity index (χ2n) is 3.11. The topological polar surface area (TPSA) is 74.6 Å². The minimum absolute atomic E-state index is 0.333. The molecule has 1 aliphatic carbocycles. The molecule has 12 heavy (non-hydrogen) atoms. The van der Waals surface area contributed by atoms with Crippen LogP contribution in [0.2, 0.25) is 0 Å².